The Morgan fingerprint density at radius 2 is 2.14 bits per heavy atom. The third-order valence-electron chi connectivity index (χ3n) is 4.55. The summed E-state index contributed by atoms with van der Waals surface area (Å²) in [5.41, 5.74) is 1.37. The van der Waals surface area contributed by atoms with Crippen molar-refractivity contribution in [3.8, 4) is 0 Å². The van der Waals surface area contributed by atoms with Crippen molar-refractivity contribution in [2.24, 2.45) is 0 Å². The van der Waals surface area contributed by atoms with E-state index in [-0.39, 0.29) is 0 Å². The van der Waals surface area contributed by atoms with Gasteiger partial charge in [0.15, 0.2) is 4.77 Å². The topological polar surface area (TPSA) is 36.9 Å². The Morgan fingerprint density at radius 1 is 1.33 bits per heavy atom. The van der Waals surface area contributed by atoms with Crippen LogP contribution in [0.2, 0.25) is 0 Å². The average molecular weight is 320 g/mol. The third kappa shape index (κ3) is 2.66. The number of nitrogens with zero attached hydrogens (tertiary/aromatic N) is 3. The highest BCUT2D eigenvalue weighted by atomic mass is 32.1. The molecule has 112 valence electrons. The zero-order valence-corrected chi connectivity index (χ0v) is 13.6. The van der Waals surface area contributed by atoms with Gasteiger partial charge < -0.3 is 4.90 Å². The number of aromatic amines is 1. The molecule has 2 aromatic rings. The second-order valence-electron chi connectivity index (χ2n) is 6.13. The highest BCUT2D eigenvalue weighted by Gasteiger charge is 2.34. The first kappa shape index (κ1) is 13.5. The van der Waals surface area contributed by atoms with Crippen LogP contribution >= 0.6 is 23.6 Å². The van der Waals surface area contributed by atoms with Crippen LogP contribution in [-0.4, -0.2) is 20.8 Å². The number of rotatable bonds is 5. The Morgan fingerprint density at radius 3 is 2.81 bits per heavy atom. The van der Waals surface area contributed by atoms with Crippen molar-refractivity contribution in [1.82, 2.24) is 14.8 Å². The van der Waals surface area contributed by atoms with Crippen molar-refractivity contribution >= 4 is 29.5 Å². The van der Waals surface area contributed by atoms with Gasteiger partial charge in [-0.25, -0.2) is 5.10 Å². The van der Waals surface area contributed by atoms with E-state index in [9.17, 15) is 0 Å². The van der Waals surface area contributed by atoms with Crippen LogP contribution in [-0.2, 0) is 6.54 Å². The molecule has 2 aromatic heterocycles. The summed E-state index contributed by atoms with van der Waals surface area (Å²) < 4.78 is 3.07. The third-order valence-corrected chi connectivity index (χ3v) is 5.57. The lowest BCUT2D eigenvalue weighted by Gasteiger charge is -2.25. The normalized spacial score (nSPS) is 19.2. The minimum absolute atomic E-state index is 0.537. The van der Waals surface area contributed by atoms with Crippen molar-refractivity contribution in [1.29, 1.82) is 0 Å². The lowest BCUT2D eigenvalue weighted by atomic mass is 10.2. The number of H-pyrrole nitrogens is 1. The summed E-state index contributed by atoms with van der Waals surface area (Å²) >= 11 is 7.27. The summed E-state index contributed by atoms with van der Waals surface area (Å²) in [6, 6.07) is 3.38. The number of hydrogen-bond acceptors (Lipinski definition) is 4. The molecular formula is C15H20N4S2. The maximum Gasteiger partial charge on any atom is 0.226 e. The van der Waals surface area contributed by atoms with Gasteiger partial charge in [-0.2, -0.15) is 11.3 Å². The van der Waals surface area contributed by atoms with E-state index >= 15 is 0 Å². The number of nitrogens with one attached hydrogen (secondary N) is 1. The summed E-state index contributed by atoms with van der Waals surface area (Å²) in [6.45, 7) is 0.945. The van der Waals surface area contributed by atoms with Gasteiger partial charge in [-0.15, -0.1) is 5.10 Å². The van der Waals surface area contributed by atoms with E-state index in [2.05, 4.69) is 36.5 Å². The van der Waals surface area contributed by atoms with Crippen LogP contribution in [0, 0.1) is 4.77 Å². The molecule has 0 atom stereocenters. The zero-order valence-electron chi connectivity index (χ0n) is 12.0. The molecule has 2 heterocycles. The molecule has 0 saturated heterocycles. The molecule has 21 heavy (non-hydrogen) atoms. The van der Waals surface area contributed by atoms with Gasteiger partial charge in [-0.05, 0) is 60.3 Å². The number of aromatic nitrogens is 3. The highest BCUT2D eigenvalue weighted by Crippen LogP contribution is 2.37. The molecule has 0 aromatic carbocycles. The molecule has 2 fully saturated rings. The fourth-order valence-electron chi connectivity index (χ4n) is 3.32. The first-order valence-electron chi connectivity index (χ1n) is 7.77. The first-order chi connectivity index (χ1) is 10.3. The van der Waals surface area contributed by atoms with Gasteiger partial charge in [0.05, 0.1) is 0 Å². The second kappa shape index (κ2) is 5.57. The monoisotopic (exact) mass is 320 g/mol. The van der Waals surface area contributed by atoms with Gasteiger partial charge in [-0.1, -0.05) is 12.8 Å². The molecule has 0 aliphatic heterocycles. The molecule has 0 radical (unpaired) electrons. The van der Waals surface area contributed by atoms with E-state index in [0.29, 0.717) is 12.1 Å². The molecule has 0 bridgehead atoms. The zero-order chi connectivity index (χ0) is 14.2. The van der Waals surface area contributed by atoms with E-state index in [0.717, 1.165) is 17.3 Å². The van der Waals surface area contributed by atoms with Crippen molar-refractivity contribution in [2.45, 2.75) is 57.2 Å². The molecule has 2 aliphatic carbocycles. The van der Waals surface area contributed by atoms with Crippen LogP contribution in [0.3, 0.4) is 0 Å². The molecule has 4 nitrogen and oxygen atoms in total. The molecule has 6 heteroatoms. The summed E-state index contributed by atoms with van der Waals surface area (Å²) in [7, 11) is 0. The Kier molecular flexibility index (Phi) is 3.59. The average Bonchev–Trinajstić information content (AvgIpc) is 2.91. The second-order valence-corrected chi connectivity index (χ2v) is 7.29. The van der Waals surface area contributed by atoms with Gasteiger partial charge in [0.2, 0.25) is 5.95 Å². The van der Waals surface area contributed by atoms with Gasteiger partial charge in [0, 0.05) is 18.6 Å². The van der Waals surface area contributed by atoms with E-state index in [1.54, 1.807) is 11.3 Å². The smallest absolute Gasteiger partial charge is 0.226 e. The van der Waals surface area contributed by atoms with Crippen LogP contribution in [0.1, 0.15) is 50.1 Å². The van der Waals surface area contributed by atoms with Crippen LogP contribution in [0.5, 0.6) is 0 Å². The lowest BCUT2D eigenvalue weighted by Crippen LogP contribution is -2.29. The van der Waals surface area contributed by atoms with E-state index in [1.165, 1.54) is 44.1 Å². The van der Waals surface area contributed by atoms with E-state index in [1.807, 2.05) is 0 Å². The molecule has 4 rings (SSSR count). The molecule has 2 saturated carbocycles. The SMILES string of the molecule is S=c1[nH]nc(N(Cc2ccsc2)C2CC2)n1C1CCCC1. The molecule has 0 amide bonds. The largest absolute Gasteiger partial charge is 0.334 e. The Labute approximate surface area is 133 Å². The molecule has 1 N–H and O–H groups in total. The molecule has 2 aliphatic rings. The number of hydrogen-bond donors (Lipinski definition) is 1. The van der Waals surface area contributed by atoms with Gasteiger partial charge in [0.25, 0.3) is 0 Å². The van der Waals surface area contributed by atoms with Gasteiger partial charge in [-0.3, -0.25) is 4.57 Å². The summed E-state index contributed by atoms with van der Waals surface area (Å²) in [5, 5.41) is 12.0. The summed E-state index contributed by atoms with van der Waals surface area (Å²) in [4.78, 5) is 2.45. The number of anilines is 1. The quantitative estimate of drug-likeness (QED) is 0.835. The Bertz CT molecular complexity index is 648. The lowest BCUT2D eigenvalue weighted by molar-refractivity contribution is 0.504. The molecule has 0 unspecified atom stereocenters. The maximum atomic E-state index is 5.50. The summed E-state index contributed by atoms with van der Waals surface area (Å²) in [5.74, 6) is 1.06. The maximum absolute atomic E-state index is 5.50. The van der Waals surface area contributed by atoms with Crippen molar-refractivity contribution in [3.05, 3.63) is 27.2 Å². The van der Waals surface area contributed by atoms with Crippen LogP contribution in [0.4, 0.5) is 5.95 Å². The predicted octanol–water partition coefficient (Wildman–Crippen LogP) is 4.29. The van der Waals surface area contributed by atoms with E-state index in [4.69, 9.17) is 12.2 Å². The van der Waals surface area contributed by atoms with Gasteiger partial charge >= 0.3 is 0 Å². The Hall–Kier alpha value is -1.14. The van der Waals surface area contributed by atoms with Crippen molar-refractivity contribution in [2.75, 3.05) is 4.90 Å². The van der Waals surface area contributed by atoms with Crippen molar-refractivity contribution in [3.63, 3.8) is 0 Å². The van der Waals surface area contributed by atoms with Crippen LogP contribution in [0.15, 0.2) is 16.8 Å². The van der Waals surface area contributed by atoms with Crippen LogP contribution < -0.4 is 4.90 Å². The highest BCUT2D eigenvalue weighted by molar-refractivity contribution is 7.71. The number of thiophene rings is 1. The van der Waals surface area contributed by atoms with E-state index < -0.39 is 0 Å². The molecular weight excluding hydrogens is 300 g/mol. The van der Waals surface area contributed by atoms with Crippen molar-refractivity contribution < 1.29 is 0 Å². The summed E-state index contributed by atoms with van der Waals surface area (Å²) in [6.07, 6.45) is 7.63. The fraction of sp³-hybridized carbons (Fsp3) is 0.600. The predicted molar refractivity (Wildman–Crippen MR) is 88.4 cm³/mol. The molecule has 0 spiro atoms. The minimum atomic E-state index is 0.537. The fourth-order valence-corrected chi connectivity index (χ4v) is 4.26. The standard InChI is InChI=1S/C15H20N4S2/c20-15-17-16-14(19(15)13-3-1-2-4-13)18(12-5-6-12)9-11-7-8-21-10-11/h7-8,10,12-13H,1-6,9H2,(H,17,20). The van der Waals surface area contributed by atoms with Gasteiger partial charge in [0.1, 0.15) is 0 Å². The minimum Gasteiger partial charge on any atom is -0.334 e. The van der Waals surface area contributed by atoms with Crippen LogP contribution in [0.25, 0.3) is 0 Å². The first-order valence-corrected chi connectivity index (χ1v) is 9.12. The Balaban J connectivity index is 1.67.